The third-order valence-electron chi connectivity index (χ3n) is 0.977. The monoisotopic (exact) mass is 167 g/mol. The molecule has 10 heavy (non-hydrogen) atoms. The topological polar surface area (TPSA) is 55.4 Å². The molecule has 62 valence electrons. The van der Waals surface area contributed by atoms with Crippen molar-refractivity contribution in [1.82, 2.24) is 4.89 Å². The highest BCUT2D eigenvalue weighted by molar-refractivity contribution is 7.89. The lowest BCUT2D eigenvalue weighted by atomic mass is 10.4. The molecule has 0 atom stereocenters. The molecule has 1 N–H and O–H groups in total. The first-order valence-corrected chi connectivity index (χ1v) is 4.80. The summed E-state index contributed by atoms with van der Waals surface area (Å²) in [6.07, 6.45) is 1.53. The minimum atomic E-state index is -3.17. The van der Waals surface area contributed by atoms with Crippen molar-refractivity contribution in [3.63, 3.8) is 0 Å². The highest BCUT2D eigenvalue weighted by Crippen LogP contribution is 1.92. The Balaban J connectivity index is 3.65. The van der Waals surface area contributed by atoms with E-state index in [0.717, 1.165) is 6.42 Å². The van der Waals surface area contributed by atoms with Crippen LogP contribution in [0, 0.1) is 0 Å². The van der Waals surface area contributed by atoms with Gasteiger partial charge in [-0.05, 0) is 6.42 Å². The normalized spacial score (nSPS) is 11.8. The van der Waals surface area contributed by atoms with E-state index in [0.29, 0.717) is 6.42 Å². The van der Waals surface area contributed by atoms with E-state index < -0.39 is 10.0 Å². The Bertz CT molecular complexity index is 164. The number of unbranched alkanes of at least 4 members (excludes halogenated alkanes) is 1. The Hall–Kier alpha value is -0.130. The van der Waals surface area contributed by atoms with Crippen LogP contribution < -0.4 is 4.89 Å². The minimum Gasteiger partial charge on any atom is -0.290 e. The van der Waals surface area contributed by atoms with Gasteiger partial charge in [-0.15, -0.1) is 0 Å². The zero-order valence-corrected chi connectivity index (χ0v) is 7.07. The predicted molar refractivity (Wildman–Crippen MR) is 38.8 cm³/mol. The fraction of sp³-hybridized carbons (Fsp3) is 1.00. The van der Waals surface area contributed by atoms with E-state index in [1.807, 2.05) is 11.8 Å². The maximum absolute atomic E-state index is 10.8. The molecule has 0 aliphatic carbocycles. The Morgan fingerprint density at radius 1 is 1.50 bits per heavy atom. The van der Waals surface area contributed by atoms with Crippen LogP contribution in [0.2, 0.25) is 0 Å². The van der Waals surface area contributed by atoms with Crippen LogP contribution in [0.3, 0.4) is 0 Å². The third kappa shape index (κ3) is 4.72. The summed E-state index contributed by atoms with van der Waals surface area (Å²) in [5, 5.41) is 0. The van der Waals surface area contributed by atoms with Crippen LogP contribution in [0.4, 0.5) is 0 Å². The second-order valence-electron chi connectivity index (χ2n) is 1.96. The van der Waals surface area contributed by atoms with Gasteiger partial charge in [-0.25, -0.2) is 8.42 Å². The molecule has 0 aliphatic heterocycles. The molecule has 0 saturated carbocycles. The summed E-state index contributed by atoms with van der Waals surface area (Å²) >= 11 is 0. The average molecular weight is 167 g/mol. The number of rotatable bonds is 5. The van der Waals surface area contributed by atoms with Crippen LogP contribution >= 0.6 is 0 Å². The molecule has 0 radical (unpaired) electrons. The second-order valence-corrected chi connectivity index (χ2v) is 3.76. The highest BCUT2D eigenvalue weighted by Gasteiger charge is 2.06. The summed E-state index contributed by atoms with van der Waals surface area (Å²) in [5.41, 5.74) is 0. The lowest BCUT2D eigenvalue weighted by molar-refractivity contribution is 0.153. The molecule has 0 rings (SSSR count). The van der Waals surface area contributed by atoms with Crippen LogP contribution in [0.25, 0.3) is 0 Å². The fourth-order valence-corrected chi connectivity index (χ4v) is 1.51. The summed E-state index contributed by atoms with van der Waals surface area (Å²) in [7, 11) is -1.88. The van der Waals surface area contributed by atoms with Crippen molar-refractivity contribution >= 4 is 10.0 Å². The van der Waals surface area contributed by atoms with Gasteiger partial charge >= 0.3 is 0 Å². The van der Waals surface area contributed by atoms with Crippen LogP contribution in [-0.2, 0) is 14.9 Å². The summed E-state index contributed by atoms with van der Waals surface area (Å²) in [6, 6.07) is 0. The summed E-state index contributed by atoms with van der Waals surface area (Å²) < 4.78 is 21.5. The molecule has 0 unspecified atom stereocenters. The van der Waals surface area contributed by atoms with Crippen molar-refractivity contribution in [2.24, 2.45) is 0 Å². The van der Waals surface area contributed by atoms with Gasteiger partial charge < -0.3 is 0 Å². The highest BCUT2D eigenvalue weighted by atomic mass is 32.2. The summed E-state index contributed by atoms with van der Waals surface area (Å²) in [6.45, 7) is 1.93. The fourth-order valence-electron chi connectivity index (χ4n) is 0.503. The first-order valence-electron chi connectivity index (χ1n) is 3.15. The molecule has 0 aliphatic rings. The molecule has 0 spiro atoms. The van der Waals surface area contributed by atoms with Gasteiger partial charge in [0.15, 0.2) is 0 Å². The van der Waals surface area contributed by atoms with Crippen molar-refractivity contribution in [3.05, 3.63) is 0 Å². The summed E-state index contributed by atoms with van der Waals surface area (Å²) in [4.78, 5) is 6.19. The van der Waals surface area contributed by atoms with Gasteiger partial charge in [0.1, 0.15) is 0 Å². The molecule has 0 heterocycles. The SMILES string of the molecule is CCCCS(=O)(=O)NOC. The van der Waals surface area contributed by atoms with Gasteiger partial charge in [0, 0.05) is 0 Å². The van der Waals surface area contributed by atoms with E-state index in [4.69, 9.17) is 0 Å². The Morgan fingerprint density at radius 3 is 2.50 bits per heavy atom. The standard InChI is InChI=1S/C5H13NO3S/c1-3-4-5-10(7,8)6-9-2/h6H,3-5H2,1-2H3. The predicted octanol–water partition coefficient (Wildman–Crippen LogP) is 0.267. The molecule has 0 bridgehead atoms. The van der Waals surface area contributed by atoms with E-state index in [2.05, 4.69) is 4.84 Å². The van der Waals surface area contributed by atoms with Crippen molar-refractivity contribution in [3.8, 4) is 0 Å². The van der Waals surface area contributed by atoms with Gasteiger partial charge in [-0.1, -0.05) is 18.2 Å². The van der Waals surface area contributed by atoms with Gasteiger partial charge in [0.25, 0.3) is 0 Å². The molecule has 5 heteroatoms. The van der Waals surface area contributed by atoms with Crippen LogP contribution in [0.5, 0.6) is 0 Å². The minimum absolute atomic E-state index is 0.136. The molecule has 0 aromatic carbocycles. The number of nitrogens with one attached hydrogen (secondary N) is 1. The Labute approximate surface area is 61.6 Å². The maximum atomic E-state index is 10.8. The van der Waals surface area contributed by atoms with E-state index >= 15 is 0 Å². The van der Waals surface area contributed by atoms with Gasteiger partial charge in [0.05, 0.1) is 12.9 Å². The number of hydrogen-bond donors (Lipinski definition) is 1. The number of sulfonamides is 1. The van der Waals surface area contributed by atoms with Crippen LogP contribution in [-0.4, -0.2) is 21.3 Å². The molecular weight excluding hydrogens is 154 g/mol. The quantitative estimate of drug-likeness (QED) is 0.598. The zero-order chi connectivity index (χ0) is 8.04. The number of hydrogen-bond acceptors (Lipinski definition) is 3. The van der Waals surface area contributed by atoms with E-state index in [-0.39, 0.29) is 5.75 Å². The van der Waals surface area contributed by atoms with Gasteiger partial charge in [0.2, 0.25) is 10.0 Å². The molecular formula is C5H13NO3S. The largest absolute Gasteiger partial charge is 0.290 e. The molecule has 4 nitrogen and oxygen atoms in total. The van der Waals surface area contributed by atoms with Crippen molar-refractivity contribution in [2.75, 3.05) is 12.9 Å². The third-order valence-corrected chi connectivity index (χ3v) is 2.22. The van der Waals surface area contributed by atoms with Crippen LogP contribution in [0.1, 0.15) is 19.8 Å². The van der Waals surface area contributed by atoms with Crippen molar-refractivity contribution < 1.29 is 13.3 Å². The Morgan fingerprint density at radius 2 is 2.10 bits per heavy atom. The lowest BCUT2D eigenvalue weighted by Gasteiger charge is -2.01. The van der Waals surface area contributed by atoms with E-state index in [9.17, 15) is 8.42 Å². The van der Waals surface area contributed by atoms with Crippen molar-refractivity contribution in [1.29, 1.82) is 0 Å². The molecule has 0 aromatic rings. The summed E-state index contributed by atoms with van der Waals surface area (Å²) in [5.74, 6) is 0.136. The van der Waals surface area contributed by atoms with Gasteiger partial charge in [-0.3, -0.25) is 4.84 Å². The van der Waals surface area contributed by atoms with Crippen molar-refractivity contribution in [2.45, 2.75) is 19.8 Å². The maximum Gasteiger partial charge on any atom is 0.233 e. The average Bonchev–Trinajstić information content (AvgIpc) is 1.84. The molecule has 0 aromatic heterocycles. The van der Waals surface area contributed by atoms with Crippen LogP contribution in [0.15, 0.2) is 0 Å². The molecule has 0 saturated heterocycles. The first kappa shape index (κ1) is 9.87. The molecule has 0 fully saturated rings. The Kier molecular flexibility index (Phi) is 4.59. The molecule has 0 amide bonds. The smallest absolute Gasteiger partial charge is 0.233 e. The van der Waals surface area contributed by atoms with E-state index in [1.54, 1.807) is 0 Å². The van der Waals surface area contributed by atoms with E-state index in [1.165, 1.54) is 7.11 Å². The lowest BCUT2D eigenvalue weighted by Crippen LogP contribution is -2.24. The first-order chi connectivity index (χ1) is 4.62. The zero-order valence-electron chi connectivity index (χ0n) is 6.25. The van der Waals surface area contributed by atoms with Gasteiger partial charge in [-0.2, -0.15) is 0 Å². The second kappa shape index (κ2) is 4.65.